The van der Waals surface area contributed by atoms with Crippen molar-refractivity contribution in [2.75, 3.05) is 0 Å². The number of aliphatic imine (C=N–C) groups is 1. The molecule has 1 aliphatic rings. The Kier molecular flexibility index (Phi) is 1.35. The molecule has 0 radical (unpaired) electrons. The van der Waals surface area contributed by atoms with Crippen LogP contribution < -0.4 is 5.73 Å². The Morgan fingerprint density at radius 1 is 1.86 bits per heavy atom. The van der Waals surface area contributed by atoms with E-state index in [0.29, 0.717) is 5.25 Å². The van der Waals surface area contributed by atoms with E-state index in [2.05, 4.69) is 11.9 Å². The van der Waals surface area contributed by atoms with E-state index in [0.717, 1.165) is 0 Å². The van der Waals surface area contributed by atoms with Crippen LogP contribution in [0.4, 0.5) is 0 Å². The minimum atomic E-state index is 0.0463. The third-order valence-corrected chi connectivity index (χ3v) is 1.94. The van der Waals surface area contributed by atoms with E-state index >= 15 is 0 Å². The zero-order valence-corrected chi connectivity index (χ0v) is 4.98. The van der Waals surface area contributed by atoms with E-state index in [-0.39, 0.29) is 6.17 Å². The van der Waals surface area contributed by atoms with Gasteiger partial charge in [0.15, 0.2) is 0 Å². The predicted octanol–water partition coefficient (Wildman–Crippen LogP) is 0.435. The molecule has 1 aliphatic heterocycles. The summed E-state index contributed by atoms with van der Waals surface area (Å²) in [5.41, 5.74) is 7.27. The molecule has 0 aromatic carbocycles. The Bertz CT molecular complexity index is 91.7. The maximum atomic E-state index is 5.46. The number of nitrogens with two attached hydrogens (primary N) is 1. The smallest absolute Gasteiger partial charge is 0.110 e. The second-order valence-electron chi connectivity index (χ2n) is 1.59. The van der Waals surface area contributed by atoms with Crippen LogP contribution in [0, 0.1) is 0 Å². The second-order valence-corrected chi connectivity index (χ2v) is 2.81. The topological polar surface area (TPSA) is 38.4 Å². The highest BCUT2D eigenvalue weighted by atomic mass is 32.2. The van der Waals surface area contributed by atoms with Crippen LogP contribution in [-0.4, -0.2) is 17.0 Å². The summed E-state index contributed by atoms with van der Waals surface area (Å²) >= 11 is 1.69. The Balaban J connectivity index is 2.45. The zero-order valence-electron chi connectivity index (χ0n) is 4.16. The van der Waals surface area contributed by atoms with E-state index in [4.69, 9.17) is 5.73 Å². The maximum Gasteiger partial charge on any atom is 0.110 e. The fourth-order valence-electron chi connectivity index (χ4n) is 0.403. The lowest BCUT2D eigenvalue weighted by molar-refractivity contribution is 0.716. The first-order chi connectivity index (χ1) is 3.30. The normalized spacial score (nSPS) is 39.7. The van der Waals surface area contributed by atoms with Crippen LogP contribution in [0.2, 0.25) is 0 Å². The fraction of sp³-hybridized carbons (Fsp3) is 0.750. The molecule has 1 heterocycles. The van der Waals surface area contributed by atoms with Gasteiger partial charge in [0.1, 0.15) is 6.17 Å². The molecular weight excluding hydrogens is 108 g/mol. The quantitative estimate of drug-likeness (QED) is 0.498. The highest BCUT2D eigenvalue weighted by molar-refractivity contribution is 8.12. The van der Waals surface area contributed by atoms with Crippen LogP contribution >= 0.6 is 11.8 Å². The molecule has 0 spiro atoms. The molecule has 0 aliphatic carbocycles. The van der Waals surface area contributed by atoms with Crippen LogP contribution in [0.3, 0.4) is 0 Å². The third kappa shape index (κ3) is 0.951. The predicted molar refractivity (Wildman–Crippen MR) is 33.5 cm³/mol. The minimum Gasteiger partial charge on any atom is -0.309 e. The monoisotopic (exact) mass is 116 g/mol. The Morgan fingerprint density at radius 2 is 2.57 bits per heavy atom. The molecule has 2 nitrogen and oxygen atoms in total. The number of hydrogen-bond donors (Lipinski definition) is 1. The Morgan fingerprint density at radius 3 is 2.71 bits per heavy atom. The summed E-state index contributed by atoms with van der Waals surface area (Å²) in [5, 5.41) is 0.486. The van der Waals surface area contributed by atoms with E-state index in [1.54, 1.807) is 11.8 Å². The molecule has 2 atom stereocenters. The first-order valence-electron chi connectivity index (χ1n) is 2.23. The van der Waals surface area contributed by atoms with Gasteiger partial charge in [-0.1, -0.05) is 0 Å². The molecule has 1 rings (SSSR count). The lowest BCUT2D eigenvalue weighted by atomic mass is 10.4. The van der Waals surface area contributed by atoms with Gasteiger partial charge in [-0.3, -0.25) is 4.99 Å². The molecule has 2 N–H and O–H groups in total. The van der Waals surface area contributed by atoms with E-state index in [1.165, 1.54) is 0 Å². The summed E-state index contributed by atoms with van der Waals surface area (Å²) in [7, 11) is 0. The van der Waals surface area contributed by atoms with Crippen molar-refractivity contribution in [2.45, 2.75) is 18.3 Å². The number of nitrogens with zero attached hydrogens (tertiary/aromatic N) is 1. The second kappa shape index (κ2) is 1.84. The zero-order chi connectivity index (χ0) is 5.28. The van der Waals surface area contributed by atoms with Gasteiger partial charge in [0, 0.05) is 5.25 Å². The summed E-state index contributed by atoms with van der Waals surface area (Å²) in [6.45, 7) is 2.07. The summed E-state index contributed by atoms with van der Waals surface area (Å²) in [4.78, 5) is 3.93. The molecular formula is C4H8N2S. The molecule has 0 saturated carbocycles. The van der Waals surface area contributed by atoms with Crippen LogP contribution in [0.1, 0.15) is 6.92 Å². The van der Waals surface area contributed by atoms with Gasteiger partial charge in [-0.05, 0) is 6.92 Å². The average Bonchev–Trinajstić information content (AvgIpc) is 1.91. The summed E-state index contributed by atoms with van der Waals surface area (Å²) in [6.07, 6.45) is 0.0463. The molecule has 0 aromatic rings. The molecule has 40 valence electrons. The van der Waals surface area contributed by atoms with E-state index < -0.39 is 0 Å². The van der Waals surface area contributed by atoms with E-state index in [9.17, 15) is 0 Å². The molecule has 3 heteroatoms. The Labute approximate surface area is 47.2 Å². The van der Waals surface area contributed by atoms with Crippen molar-refractivity contribution < 1.29 is 0 Å². The largest absolute Gasteiger partial charge is 0.309 e. The first kappa shape index (κ1) is 5.12. The molecule has 0 aromatic heterocycles. The highest BCUT2D eigenvalue weighted by Crippen LogP contribution is 2.16. The van der Waals surface area contributed by atoms with Gasteiger partial charge in [-0.2, -0.15) is 0 Å². The van der Waals surface area contributed by atoms with Crippen molar-refractivity contribution in [2.24, 2.45) is 10.7 Å². The van der Waals surface area contributed by atoms with Gasteiger partial charge < -0.3 is 5.73 Å². The van der Waals surface area contributed by atoms with Crippen molar-refractivity contribution in [1.82, 2.24) is 0 Å². The van der Waals surface area contributed by atoms with Gasteiger partial charge in [-0.15, -0.1) is 11.8 Å². The third-order valence-electron chi connectivity index (χ3n) is 0.989. The number of rotatable bonds is 0. The molecule has 0 unspecified atom stereocenters. The Hall–Kier alpha value is -0.0200. The van der Waals surface area contributed by atoms with Crippen molar-refractivity contribution in [3.63, 3.8) is 0 Å². The van der Waals surface area contributed by atoms with Gasteiger partial charge in [-0.25, -0.2) is 0 Å². The van der Waals surface area contributed by atoms with Crippen molar-refractivity contribution in [3.8, 4) is 0 Å². The van der Waals surface area contributed by atoms with Crippen LogP contribution in [0.25, 0.3) is 0 Å². The van der Waals surface area contributed by atoms with Crippen LogP contribution in [0.15, 0.2) is 4.99 Å². The SMILES string of the molecule is C[C@@H]1SC=N[C@@H]1N. The summed E-state index contributed by atoms with van der Waals surface area (Å²) in [6, 6.07) is 0. The van der Waals surface area contributed by atoms with Crippen molar-refractivity contribution in [1.29, 1.82) is 0 Å². The van der Waals surface area contributed by atoms with Gasteiger partial charge in [0.25, 0.3) is 0 Å². The van der Waals surface area contributed by atoms with Gasteiger partial charge in [0.05, 0.1) is 5.55 Å². The standard InChI is InChI=1S/C4H8N2S/c1-3-4(5)6-2-7-3/h2-4H,5H2,1H3/t3-,4-/m0/s1. The molecule has 0 fully saturated rings. The lowest BCUT2D eigenvalue weighted by Gasteiger charge is -2.02. The van der Waals surface area contributed by atoms with Gasteiger partial charge >= 0.3 is 0 Å². The molecule has 0 amide bonds. The highest BCUT2D eigenvalue weighted by Gasteiger charge is 2.14. The number of thioether (sulfide) groups is 1. The fourth-order valence-corrected chi connectivity index (χ4v) is 1.04. The van der Waals surface area contributed by atoms with Crippen LogP contribution in [0.5, 0.6) is 0 Å². The lowest BCUT2D eigenvalue weighted by Crippen LogP contribution is -2.23. The number of hydrogen-bond acceptors (Lipinski definition) is 3. The average molecular weight is 116 g/mol. The van der Waals surface area contributed by atoms with Crippen LogP contribution in [-0.2, 0) is 0 Å². The molecule has 0 saturated heterocycles. The van der Waals surface area contributed by atoms with Crippen molar-refractivity contribution >= 4 is 17.3 Å². The summed E-state index contributed by atoms with van der Waals surface area (Å²) < 4.78 is 0. The van der Waals surface area contributed by atoms with Crippen molar-refractivity contribution in [3.05, 3.63) is 0 Å². The summed E-state index contributed by atoms with van der Waals surface area (Å²) in [5.74, 6) is 0. The van der Waals surface area contributed by atoms with E-state index in [1.807, 2.05) is 5.55 Å². The molecule has 7 heavy (non-hydrogen) atoms. The van der Waals surface area contributed by atoms with Gasteiger partial charge in [0.2, 0.25) is 0 Å². The molecule has 0 bridgehead atoms. The minimum absolute atomic E-state index is 0.0463. The first-order valence-corrected chi connectivity index (χ1v) is 3.17. The maximum absolute atomic E-state index is 5.46.